The third kappa shape index (κ3) is 3.37. The van der Waals surface area contributed by atoms with Crippen molar-refractivity contribution >= 4 is 11.3 Å². The first-order valence-corrected chi connectivity index (χ1v) is 8.00. The van der Waals surface area contributed by atoms with Crippen molar-refractivity contribution in [2.75, 3.05) is 6.54 Å². The van der Waals surface area contributed by atoms with Gasteiger partial charge in [-0.15, -0.1) is 11.3 Å². The number of nitrogens with zero attached hydrogens (tertiary/aromatic N) is 3. The Bertz CT molecular complexity index is 687. The molecule has 0 atom stereocenters. The fourth-order valence-corrected chi connectivity index (χ4v) is 2.86. The summed E-state index contributed by atoms with van der Waals surface area (Å²) >= 11 is 1.66. The van der Waals surface area contributed by atoms with E-state index in [1.165, 1.54) is 0 Å². The monoisotopic (exact) mass is 298 g/mol. The quantitative estimate of drug-likeness (QED) is 0.708. The molecular formula is C16H18N4S. The van der Waals surface area contributed by atoms with Gasteiger partial charge in [0.2, 0.25) is 0 Å². The smallest absolute Gasteiger partial charge is 0.126 e. The van der Waals surface area contributed by atoms with Crippen LogP contribution in [0.5, 0.6) is 0 Å². The van der Waals surface area contributed by atoms with Crippen molar-refractivity contribution in [2.24, 2.45) is 0 Å². The van der Waals surface area contributed by atoms with Crippen molar-refractivity contribution in [3.05, 3.63) is 53.8 Å². The number of hydrogen-bond acceptors (Lipinski definition) is 4. The molecule has 3 rings (SSSR count). The van der Waals surface area contributed by atoms with Gasteiger partial charge in [0.05, 0.1) is 17.6 Å². The fraction of sp³-hybridized carbons (Fsp3) is 0.250. The molecule has 0 aliphatic heterocycles. The number of benzene rings is 1. The van der Waals surface area contributed by atoms with Gasteiger partial charge in [-0.2, -0.15) is 5.10 Å². The average molecular weight is 298 g/mol. The molecule has 0 amide bonds. The normalized spacial score (nSPS) is 10.9. The minimum Gasteiger partial charge on any atom is -0.311 e. The molecule has 0 aliphatic rings. The van der Waals surface area contributed by atoms with Gasteiger partial charge in [0.25, 0.3) is 0 Å². The number of nitrogens with one attached hydrogen (secondary N) is 1. The third-order valence-corrected chi connectivity index (χ3v) is 4.08. The maximum Gasteiger partial charge on any atom is 0.126 e. The minimum atomic E-state index is 0.831. The molecule has 2 heterocycles. The van der Waals surface area contributed by atoms with E-state index in [9.17, 15) is 0 Å². The molecule has 0 radical (unpaired) electrons. The number of rotatable bonds is 6. The van der Waals surface area contributed by atoms with E-state index in [0.717, 1.165) is 41.5 Å². The molecule has 0 unspecified atom stereocenters. The Balaban J connectivity index is 1.74. The lowest BCUT2D eigenvalue weighted by molar-refractivity contribution is 0.667. The van der Waals surface area contributed by atoms with Gasteiger partial charge in [-0.05, 0) is 25.1 Å². The summed E-state index contributed by atoms with van der Waals surface area (Å²) in [7, 11) is 0. The van der Waals surface area contributed by atoms with Crippen LogP contribution >= 0.6 is 11.3 Å². The largest absolute Gasteiger partial charge is 0.311 e. The molecule has 3 aromatic rings. The number of thiazole rings is 1. The molecule has 0 fully saturated rings. The molecule has 0 spiro atoms. The number of para-hydroxylation sites is 1. The predicted molar refractivity (Wildman–Crippen MR) is 86.7 cm³/mol. The van der Waals surface area contributed by atoms with Gasteiger partial charge >= 0.3 is 0 Å². The van der Waals surface area contributed by atoms with Crippen molar-refractivity contribution in [1.82, 2.24) is 20.1 Å². The Hall–Kier alpha value is -1.98. The van der Waals surface area contributed by atoms with E-state index in [0.29, 0.717) is 0 Å². The summed E-state index contributed by atoms with van der Waals surface area (Å²) in [6, 6.07) is 10.1. The summed E-state index contributed by atoms with van der Waals surface area (Å²) in [5.41, 5.74) is 3.21. The molecule has 0 saturated heterocycles. The van der Waals surface area contributed by atoms with Crippen LogP contribution in [0.1, 0.15) is 19.0 Å². The molecule has 5 heteroatoms. The first-order valence-electron chi connectivity index (χ1n) is 7.12. The maximum absolute atomic E-state index is 4.66. The van der Waals surface area contributed by atoms with Crippen molar-refractivity contribution in [2.45, 2.75) is 19.9 Å². The highest BCUT2D eigenvalue weighted by atomic mass is 32.1. The van der Waals surface area contributed by atoms with Crippen LogP contribution in [0.25, 0.3) is 16.3 Å². The second kappa shape index (κ2) is 6.65. The summed E-state index contributed by atoms with van der Waals surface area (Å²) in [5, 5.41) is 10.9. The third-order valence-electron chi connectivity index (χ3n) is 3.13. The average Bonchev–Trinajstić information content (AvgIpc) is 3.17. The predicted octanol–water partition coefficient (Wildman–Crippen LogP) is 3.50. The SMILES string of the molecule is CCCNCc1csc(-c2cnn(-c3ccccc3)c2)n1. The summed E-state index contributed by atoms with van der Waals surface area (Å²) in [4.78, 5) is 4.66. The molecule has 108 valence electrons. The summed E-state index contributed by atoms with van der Waals surface area (Å²) in [5.74, 6) is 0. The Kier molecular flexibility index (Phi) is 4.43. The van der Waals surface area contributed by atoms with Crippen LogP contribution in [-0.2, 0) is 6.54 Å². The van der Waals surface area contributed by atoms with E-state index < -0.39 is 0 Å². The Labute approximate surface area is 128 Å². The second-order valence-corrected chi connectivity index (χ2v) is 5.69. The standard InChI is InChI=1S/C16H18N4S/c1-2-8-17-10-14-12-21-16(19-14)13-9-18-20(11-13)15-6-4-3-5-7-15/h3-7,9,11-12,17H,2,8,10H2,1H3. The molecule has 1 N–H and O–H groups in total. The molecule has 21 heavy (non-hydrogen) atoms. The van der Waals surface area contributed by atoms with Crippen LogP contribution in [0.15, 0.2) is 48.1 Å². The van der Waals surface area contributed by atoms with Crippen LogP contribution in [0.3, 0.4) is 0 Å². The van der Waals surface area contributed by atoms with E-state index in [2.05, 4.69) is 27.7 Å². The number of hydrogen-bond donors (Lipinski definition) is 1. The van der Waals surface area contributed by atoms with Crippen LogP contribution < -0.4 is 5.32 Å². The zero-order valence-electron chi connectivity index (χ0n) is 12.0. The molecule has 1 aromatic carbocycles. The highest BCUT2D eigenvalue weighted by Gasteiger charge is 2.08. The van der Waals surface area contributed by atoms with Crippen LogP contribution in [0.4, 0.5) is 0 Å². The highest BCUT2D eigenvalue weighted by molar-refractivity contribution is 7.13. The Morgan fingerprint density at radius 1 is 1.24 bits per heavy atom. The summed E-state index contributed by atoms with van der Waals surface area (Å²) in [6.07, 6.45) is 5.04. The zero-order chi connectivity index (χ0) is 14.5. The van der Waals surface area contributed by atoms with Gasteiger partial charge in [-0.1, -0.05) is 25.1 Å². The Morgan fingerprint density at radius 2 is 2.10 bits per heavy atom. The van der Waals surface area contributed by atoms with Gasteiger partial charge in [-0.25, -0.2) is 9.67 Å². The van der Waals surface area contributed by atoms with Crippen LogP contribution in [0.2, 0.25) is 0 Å². The van der Waals surface area contributed by atoms with E-state index in [-0.39, 0.29) is 0 Å². The molecule has 0 saturated carbocycles. The molecule has 0 aliphatic carbocycles. The van der Waals surface area contributed by atoms with E-state index in [4.69, 9.17) is 0 Å². The lowest BCUT2D eigenvalue weighted by atomic mass is 10.3. The summed E-state index contributed by atoms with van der Waals surface area (Å²) in [6.45, 7) is 4.02. The molecule has 0 bridgehead atoms. The topological polar surface area (TPSA) is 42.7 Å². The van der Waals surface area contributed by atoms with Crippen LogP contribution in [0, 0.1) is 0 Å². The van der Waals surface area contributed by atoms with Gasteiger partial charge in [-0.3, -0.25) is 0 Å². The number of aromatic nitrogens is 3. The van der Waals surface area contributed by atoms with E-state index >= 15 is 0 Å². The van der Waals surface area contributed by atoms with Crippen molar-refractivity contribution in [3.63, 3.8) is 0 Å². The maximum atomic E-state index is 4.66. The lowest BCUT2D eigenvalue weighted by Gasteiger charge is -1.99. The fourth-order valence-electron chi connectivity index (χ4n) is 2.07. The molecule has 4 nitrogen and oxygen atoms in total. The second-order valence-electron chi connectivity index (χ2n) is 4.83. The van der Waals surface area contributed by atoms with E-state index in [1.807, 2.05) is 47.4 Å². The van der Waals surface area contributed by atoms with Gasteiger partial charge in [0.15, 0.2) is 0 Å². The van der Waals surface area contributed by atoms with E-state index in [1.54, 1.807) is 11.3 Å². The van der Waals surface area contributed by atoms with Crippen molar-refractivity contribution in [3.8, 4) is 16.3 Å². The lowest BCUT2D eigenvalue weighted by Crippen LogP contribution is -2.13. The Morgan fingerprint density at radius 3 is 2.90 bits per heavy atom. The van der Waals surface area contributed by atoms with Gasteiger partial charge in [0, 0.05) is 23.7 Å². The van der Waals surface area contributed by atoms with Crippen molar-refractivity contribution in [1.29, 1.82) is 0 Å². The highest BCUT2D eigenvalue weighted by Crippen LogP contribution is 2.24. The van der Waals surface area contributed by atoms with Gasteiger partial charge in [0.1, 0.15) is 5.01 Å². The first-order chi connectivity index (χ1) is 10.4. The summed E-state index contributed by atoms with van der Waals surface area (Å²) < 4.78 is 1.88. The van der Waals surface area contributed by atoms with Crippen molar-refractivity contribution < 1.29 is 0 Å². The molecule has 2 aromatic heterocycles. The zero-order valence-corrected chi connectivity index (χ0v) is 12.8. The van der Waals surface area contributed by atoms with Gasteiger partial charge < -0.3 is 5.32 Å². The van der Waals surface area contributed by atoms with Crippen LogP contribution in [-0.4, -0.2) is 21.3 Å². The molecular weight excluding hydrogens is 280 g/mol. The first kappa shape index (κ1) is 14.0. The minimum absolute atomic E-state index is 0.831.